The van der Waals surface area contributed by atoms with Gasteiger partial charge in [-0.05, 0) is 51.9 Å². The highest BCUT2D eigenvalue weighted by Gasteiger charge is 2.24. The molecule has 1 aliphatic rings. The van der Waals surface area contributed by atoms with Crippen molar-refractivity contribution in [1.82, 2.24) is 0 Å². The van der Waals surface area contributed by atoms with Crippen LogP contribution >= 0.6 is 0 Å². The second-order valence-corrected chi connectivity index (χ2v) is 5.18. The van der Waals surface area contributed by atoms with Gasteiger partial charge >= 0.3 is 5.97 Å². The lowest BCUT2D eigenvalue weighted by molar-refractivity contribution is -0.136. The van der Waals surface area contributed by atoms with Crippen LogP contribution in [0.1, 0.15) is 46.0 Å². The van der Waals surface area contributed by atoms with Gasteiger partial charge in [0.15, 0.2) is 0 Å². The standard InChI is InChI=1S/C15H24O3/c1-11(2)5-4-6-14(16)12-7-9-13(10-8-12)15(17)18-3/h5,9,12,14,16H,4,6-8,10H2,1-3H3/t12?,14-/m1/s1. The first-order valence-corrected chi connectivity index (χ1v) is 6.63. The van der Waals surface area contributed by atoms with Crippen molar-refractivity contribution in [3.05, 3.63) is 23.3 Å². The van der Waals surface area contributed by atoms with Gasteiger partial charge in [-0.3, -0.25) is 0 Å². The number of ether oxygens (including phenoxy) is 1. The minimum atomic E-state index is -0.268. The molecule has 0 aliphatic heterocycles. The zero-order chi connectivity index (χ0) is 13.5. The molecule has 0 aromatic rings. The minimum Gasteiger partial charge on any atom is -0.466 e. The molecule has 3 heteroatoms. The first-order chi connectivity index (χ1) is 8.54. The Morgan fingerprint density at radius 1 is 1.61 bits per heavy atom. The van der Waals surface area contributed by atoms with Gasteiger partial charge in [0.1, 0.15) is 0 Å². The molecule has 0 saturated heterocycles. The zero-order valence-electron chi connectivity index (χ0n) is 11.6. The smallest absolute Gasteiger partial charge is 0.333 e. The lowest BCUT2D eigenvalue weighted by Crippen LogP contribution is -2.23. The van der Waals surface area contributed by atoms with Crippen molar-refractivity contribution >= 4 is 5.97 Å². The summed E-state index contributed by atoms with van der Waals surface area (Å²) in [5.41, 5.74) is 2.05. The molecule has 0 radical (unpaired) electrons. The van der Waals surface area contributed by atoms with Gasteiger partial charge in [0.25, 0.3) is 0 Å². The third-order valence-corrected chi connectivity index (χ3v) is 3.46. The van der Waals surface area contributed by atoms with Crippen molar-refractivity contribution in [1.29, 1.82) is 0 Å². The summed E-state index contributed by atoms with van der Waals surface area (Å²) in [7, 11) is 1.41. The van der Waals surface area contributed by atoms with E-state index in [1.165, 1.54) is 12.7 Å². The molecule has 0 heterocycles. The van der Waals surface area contributed by atoms with E-state index >= 15 is 0 Å². The number of allylic oxidation sites excluding steroid dienone is 3. The Hall–Kier alpha value is -1.09. The summed E-state index contributed by atoms with van der Waals surface area (Å²) in [6.45, 7) is 4.14. The molecule has 0 bridgehead atoms. The molecule has 1 N–H and O–H groups in total. The van der Waals surface area contributed by atoms with Crippen molar-refractivity contribution < 1.29 is 14.6 Å². The van der Waals surface area contributed by atoms with Crippen molar-refractivity contribution in [3.8, 4) is 0 Å². The summed E-state index contributed by atoms with van der Waals surface area (Å²) < 4.78 is 4.70. The van der Waals surface area contributed by atoms with Gasteiger partial charge in [0.2, 0.25) is 0 Å². The van der Waals surface area contributed by atoms with E-state index in [1.807, 2.05) is 6.08 Å². The molecule has 1 aliphatic carbocycles. The summed E-state index contributed by atoms with van der Waals surface area (Å²) in [5, 5.41) is 10.1. The molecule has 2 atom stereocenters. The van der Waals surface area contributed by atoms with Crippen molar-refractivity contribution in [2.45, 2.75) is 52.1 Å². The molecule has 1 unspecified atom stereocenters. The van der Waals surface area contributed by atoms with Gasteiger partial charge in [-0.1, -0.05) is 17.7 Å². The largest absolute Gasteiger partial charge is 0.466 e. The van der Waals surface area contributed by atoms with E-state index in [9.17, 15) is 9.90 Å². The molecule has 0 fully saturated rings. The Balaban J connectivity index is 2.40. The van der Waals surface area contributed by atoms with Crippen LogP contribution in [0.5, 0.6) is 0 Å². The van der Waals surface area contributed by atoms with Crippen LogP contribution < -0.4 is 0 Å². The second kappa shape index (κ2) is 7.37. The number of carbonyl (C=O) groups excluding carboxylic acids is 1. The van der Waals surface area contributed by atoms with E-state index < -0.39 is 0 Å². The van der Waals surface area contributed by atoms with E-state index in [-0.39, 0.29) is 18.0 Å². The molecular weight excluding hydrogens is 228 g/mol. The summed E-state index contributed by atoms with van der Waals surface area (Å²) in [6, 6.07) is 0. The number of aliphatic hydroxyl groups is 1. The number of carbonyl (C=O) groups is 1. The minimum absolute atomic E-state index is 0.229. The average Bonchev–Trinajstić information content (AvgIpc) is 2.37. The van der Waals surface area contributed by atoms with Crippen LogP contribution in [-0.4, -0.2) is 24.3 Å². The Morgan fingerprint density at radius 3 is 2.83 bits per heavy atom. The van der Waals surface area contributed by atoms with Crippen LogP contribution in [0.2, 0.25) is 0 Å². The molecule has 0 spiro atoms. The highest BCUT2D eigenvalue weighted by molar-refractivity contribution is 5.88. The fourth-order valence-electron chi connectivity index (χ4n) is 2.30. The number of hydrogen-bond donors (Lipinski definition) is 1. The number of hydrogen-bond acceptors (Lipinski definition) is 3. The molecule has 102 valence electrons. The Bertz CT molecular complexity index is 338. The fraction of sp³-hybridized carbons (Fsp3) is 0.667. The Morgan fingerprint density at radius 2 is 2.33 bits per heavy atom. The van der Waals surface area contributed by atoms with Gasteiger partial charge in [0.05, 0.1) is 13.2 Å². The van der Waals surface area contributed by atoms with Gasteiger partial charge < -0.3 is 9.84 Å². The highest BCUT2D eigenvalue weighted by Crippen LogP contribution is 2.28. The molecule has 3 nitrogen and oxygen atoms in total. The summed E-state index contributed by atoms with van der Waals surface area (Å²) in [5.74, 6) is 0.0523. The lowest BCUT2D eigenvalue weighted by Gasteiger charge is -2.25. The molecule has 18 heavy (non-hydrogen) atoms. The molecule has 0 aromatic carbocycles. The molecule has 0 aromatic heterocycles. The van der Waals surface area contributed by atoms with E-state index in [0.29, 0.717) is 0 Å². The van der Waals surface area contributed by atoms with Crippen LogP contribution in [0.3, 0.4) is 0 Å². The van der Waals surface area contributed by atoms with Crippen molar-refractivity contribution in [3.63, 3.8) is 0 Å². The van der Waals surface area contributed by atoms with Crippen molar-refractivity contribution in [2.75, 3.05) is 7.11 Å². The van der Waals surface area contributed by atoms with E-state index in [1.54, 1.807) is 0 Å². The third kappa shape index (κ3) is 4.65. The maximum absolute atomic E-state index is 11.3. The van der Waals surface area contributed by atoms with Gasteiger partial charge in [0, 0.05) is 5.57 Å². The molecule has 1 rings (SSSR count). The van der Waals surface area contributed by atoms with Crippen LogP contribution in [0.25, 0.3) is 0 Å². The fourth-order valence-corrected chi connectivity index (χ4v) is 2.30. The van der Waals surface area contributed by atoms with Gasteiger partial charge in [-0.15, -0.1) is 0 Å². The van der Waals surface area contributed by atoms with Crippen molar-refractivity contribution in [2.24, 2.45) is 5.92 Å². The second-order valence-electron chi connectivity index (χ2n) is 5.18. The monoisotopic (exact) mass is 252 g/mol. The van der Waals surface area contributed by atoms with E-state index in [2.05, 4.69) is 19.9 Å². The maximum atomic E-state index is 11.3. The maximum Gasteiger partial charge on any atom is 0.333 e. The first kappa shape index (κ1) is 15.0. The van der Waals surface area contributed by atoms with Gasteiger partial charge in [-0.2, -0.15) is 0 Å². The number of aliphatic hydroxyl groups excluding tert-OH is 1. The molecular formula is C15H24O3. The third-order valence-electron chi connectivity index (χ3n) is 3.46. The van der Waals surface area contributed by atoms with Gasteiger partial charge in [-0.25, -0.2) is 4.79 Å². The van der Waals surface area contributed by atoms with Crippen LogP contribution in [0, 0.1) is 5.92 Å². The molecule has 0 amide bonds. The summed E-state index contributed by atoms with van der Waals surface area (Å²) in [6.07, 6.45) is 7.90. The zero-order valence-corrected chi connectivity index (χ0v) is 11.6. The van der Waals surface area contributed by atoms with E-state index in [4.69, 9.17) is 4.74 Å². The molecule has 0 saturated carbocycles. The lowest BCUT2D eigenvalue weighted by atomic mass is 9.84. The van der Waals surface area contributed by atoms with Crippen LogP contribution in [-0.2, 0) is 9.53 Å². The Kier molecular flexibility index (Phi) is 6.13. The number of esters is 1. The Labute approximate surface area is 110 Å². The van der Waals surface area contributed by atoms with Crippen LogP contribution in [0.4, 0.5) is 0 Å². The first-order valence-electron chi connectivity index (χ1n) is 6.63. The SMILES string of the molecule is COC(=O)C1=CCC([C@H](O)CCC=C(C)C)CC1. The highest BCUT2D eigenvalue weighted by atomic mass is 16.5. The van der Waals surface area contributed by atoms with E-state index in [0.717, 1.165) is 37.7 Å². The normalized spacial score (nSPS) is 20.9. The van der Waals surface area contributed by atoms with Crippen LogP contribution in [0.15, 0.2) is 23.3 Å². The predicted molar refractivity (Wildman–Crippen MR) is 72.1 cm³/mol. The number of methoxy groups -OCH3 is 1. The quantitative estimate of drug-likeness (QED) is 0.604. The predicted octanol–water partition coefficient (Wildman–Crippen LogP) is 2.99. The summed E-state index contributed by atoms with van der Waals surface area (Å²) in [4.78, 5) is 11.3. The average molecular weight is 252 g/mol. The number of rotatable bonds is 5. The topological polar surface area (TPSA) is 46.5 Å². The summed E-state index contributed by atoms with van der Waals surface area (Å²) >= 11 is 0.